The Morgan fingerprint density at radius 3 is 2.36 bits per heavy atom. The highest BCUT2D eigenvalue weighted by Crippen LogP contribution is 2.53. The lowest BCUT2D eigenvalue weighted by Crippen LogP contribution is -2.69. The molecule has 1 aromatic rings. The van der Waals surface area contributed by atoms with Crippen molar-refractivity contribution in [3.8, 4) is 5.75 Å². The molecule has 4 N–H and O–H groups in total. The van der Waals surface area contributed by atoms with E-state index in [2.05, 4.69) is 0 Å². The maximum absolute atomic E-state index is 14.4. The third kappa shape index (κ3) is 6.63. The number of allylic oxidation sites excluding steroid dienone is 2. The molecule has 318 valence electrons. The summed E-state index contributed by atoms with van der Waals surface area (Å²) in [5, 5.41) is 46.5. The number of benzene rings is 1. The SMILES string of the molecule is C[C@@H]1O[C@@H](O[C@@H]2CC[C@@H](O[C@]3(C)CC(=O)[C@@]4(O)C5=C(C=C[C@@]4(O)C3)C(=O)c3c(ccc([C@@H]4C[C@H]6O[C@H]7C[C@@H](O)[C@@H](C)O[C@@H]7O[C@H]6[C@H](C)O4)c3O)C5=O)O[C@@H]2C)C=CC1=O. The maximum atomic E-state index is 14.4. The van der Waals surface area contributed by atoms with E-state index in [0.717, 1.165) is 6.08 Å². The lowest BCUT2D eigenvalue weighted by Gasteiger charge is -2.53. The first-order valence-electron chi connectivity index (χ1n) is 20.4. The summed E-state index contributed by atoms with van der Waals surface area (Å²) in [6.07, 6.45) is -1.63. The molecule has 5 fully saturated rings. The third-order valence-corrected chi connectivity index (χ3v) is 13.3. The van der Waals surface area contributed by atoms with Gasteiger partial charge >= 0.3 is 0 Å². The molecule has 4 saturated heterocycles. The molecule has 5 heterocycles. The molecule has 0 bridgehead atoms. The van der Waals surface area contributed by atoms with Crippen LogP contribution in [0.1, 0.15) is 106 Å². The largest absolute Gasteiger partial charge is 0.507 e. The van der Waals surface area contributed by atoms with Gasteiger partial charge in [-0.05, 0) is 65.3 Å². The molecule has 16 heteroatoms. The van der Waals surface area contributed by atoms with Gasteiger partial charge in [-0.25, -0.2) is 0 Å². The summed E-state index contributed by atoms with van der Waals surface area (Å²) in [6, 6.07) is 2.82. The summed E-state index contributed by atoms with van der Waals surface area (Å²) in [5.74, 6) is -3.25. The zero-order chi connectivity index (χ0) is 41.9. The van der Waals surface area contributed by atoms with Crippen molar-refractivity contribution in [2.45, 2.75) is 170 Å². The Hall–Kier alpha value is -3.52. The van der Waals surface area contributed by atoms with Crippen LogP contribution in [0.5, 0.6) is 5.75 Å². The molecule has 16 nitrogen and oxygen atoms in total. The molecule has 59 heavy (non-hydrogen) atoms. The van der Waals surface area contributed by atoms with Crippen molar-refractivity contribution in [3.63, 3.8) is 0 Å². The van der Waals surface area contributed by atoms with Gasteiger partial charge in [0.1, 0.15) is 29.7 Å². The summed E-state index contributed by atoms with van der Waals surface area (Å²) >= 11 is 0. The second-order valence-electron chi connectivity index (χ2n) is 17.5. The van der Waals surface area contributed by atoms with Crippen LogP contribution in [0.4, 0.5) is 0 Å². The Labute approximate surface area is 340 Å². The molecule has 1 aromatic carbocycles. The van der Waals surface area contributed by atoms with Crippen molar-refractivity contribution in [1.29, 1.82) is 0 Å². The molecular weight excluding hydrogens is 772 g/mol. The normalized spacial score (nSPS) is 45.7. The molecule has 3 aliphatic carbocycles. The highest BCUT2D eigenvalue weighted by atomic mass is 16.7. The second kappa shape index (κ2) is 14.6. The van der Waals surface area contributed by atoms with Gasteiger partial charge in [-0.15, -0.1) is 0 Å². The molecule has 1 saturated carbocycles. The first kappa shape index (κ1) is 40.9. The summed E-state index contributed by atoms with van der Waals surface area (Å²) < 4.78 is 48.8. The van der Waals surface area contributed by atoms with Crippen LogP contribution in [0, 0.1) is 0 Å². The van der Waals surface area contributed by atoms with Crippen LogP contribution < -0.4 is 0 Å². The van der Waals surface area contributed by atoms with E-state index in [-0.39, 0.29) is 47.0 Å². The number of fused-ring (bicyclic) bond motifs is 5. The Morgan fingerprint density at radius 1 is 0.831 bits per heavy atom. The number of hydrogen-bond acceptors (Lipinski definition) is 16. The smallest absolute Gasteiger partial charge is 0.198 e. The van der Waals surface area contributed by atoms with E-state index in [9.17, 15) is 39.6 Å². The second-order valence-corrected chi connectivity index (χ2v) is 17.5. The Bertz CT molecular complexity index is 2060. The molecule has 0 spiro atoms. The van der Waals surface area contributed by atoms with Crippen LogP contribution in [0.2, 0.25) is 0 Å². The average molecular weight is 823 g/mol. The van der Waals surface area contributed by atoms with Crippen molar-refractivity contribution >= 4 is 23.1 Å². The van der Waals surface area contributed by atoms with Gasteiger partial charge in [0.25, 0.3) is 0 Å². The van der Waals surface area contributed by atoms with Gasteiger partial charge in [0.2, 0.25) is 0 Å². The number of aliphatic hydroxyl groups excluding tert-OH is 1. The number of carbonyl (C=O) groups is 4. The van der Waals surface area contributed by atoms with E-state index in [0.29, 0.717) is 19.3 Å². The fourth-order valence-corrected chi connectivity index (χ4v) is 10.1. The van der Waals surface area contributed by atoms with Gasteiger partial charge in [-0.1, -0.05) is 12.1 Å². The highest BCUT2D eigenvalue weighted by Gasteiger charge is 2.67. The lowest BCUT2D eigenvalue weighted by atomic mass is 9.57. The molecule has 0 amide bonds. The van der Waals surface area contributed by atoms with Gasteiger partial charge < -0.3 is 58.3 Å². The number of aromatic hydroxyl groups is 1. The van der Waals surface area contributed by atoms with Crippen LogP contribution in [0.15, 0.2) is 47.6 Å². The number of aliphatic hydroxyl groups is 3. The first-order valence-corrected chi connectivity index (χ1v) is 20.4. The van der Waals surface area contributed by atoms with Crippen LogP contribution in [-0.4, -0.2) is 134 Å². The van der Waals surface area contributed by atoms with Crippen molar-refractivity contribution in [2.24, 2.45) is 0 Å². The summed E-state index contributed by atoms with van der Waals surface area (Å²) in [6.45, 7) is 8.63. The fourth-order valence-electron chi connectivity index (χ4n) is 10.1. The van der Waals surface area contributed by atoms with Crippen molar-refractivity contribution < 1.29 is 77.5 Å². The predicted molar refractivity (Wildman–Crippen MR) is 200 cm³/mol. The average Bonchev–Trinajstić information content (AvgIpc) is 3.16. The number of carbonyl (C=O) groups excluding carboxylic acids is 4. The Kier molecular flexibility index (Phi) is 10.1. The molecular formula is C43H50O16. The van der Waals surface area contributed by atoms with E-state index in [1.165, 1.54) is 24.3 Å². The number of ketones is 4. The van der Waals surface area contributed by atoms with Crippen molar-refractivity contribution in [2.75, 3.05) is 0 Å². The topological polar surface area (TPSA) is 223 Å². The standard InChI is InChI=1S/C43H50O16/c1-18-25(44)8-10-32(53-18)57-27-9-11-33(54-20(27)3)59-41(5)16-31(46)43(51)35-24(12-13-42(43,50)17-41)37(48)34-23(38(35)49)7-6-22(36(34)47)28-15-29-39(21(4)52-28)58-40-30(56-29)14-26(45)19(2)55-40/h6-8,10,12-13,18-21,26-30,32-33,39-40,45,47,50-51H,9,11,14-17H2,1-5H3/t18-,19+,20+,21-,26+,27+,28-,29+,30-,32-,33+,39-,40+,41+,42+,43+/m0/s1. The fraction of sp³-hybridized carbons (Fsp3) is 0.628. The number of ether oxygens (including phenoxy) is 8. The van der Waals surface area contributed by atoms with Crippen molar-refractivity contribution in [3.05, 3.63) is 64.3 Å². The number of rotatable bonds is 5. The lowest BCUT2D eigenvalue weighted by molar-refractivity contribution is -0.365. The number of hydrogen-bond donors (Lipinski definition) is 4. The van der Waals surface area contributed by atoms with Gasteiger partial charge in [0, 0.05) is 48.8 Å². The predicted octanol–water partition coefficient (Wildman–Crippen LogP) is 2.52. The van der Waals surface area contributed by atoms with Crippen molar-refractivity contribution in [1.82, 2.24) is 0 Å². The zero-order valence-corrected chi connectivity index (χ0v) is 33.4. The van der Waals surface area contributed by atoms with Gasteiger partial charge in [0.15, 0.2) is 47.6 Å². The highest BCUT2D eigenvalue weighted by molar-refractivity contribution is 6.32. The molecule has 8 aliphatic rings. The number of phenolic OH excluding ortho intramolecular Hbond substituents is 1. The minimum absolute atomic E-state index is 0.148. The molecule has 9 rings (SSSR count). The first-order chi connectivity index (χ1) is 27.9. The molecule has 0 aromatic heterocycles. The van der Waals surface area contributed by atoms with Gasteiger partial charge in [-0.2, -0.15) is 0 Å². The van der Waals surface area contributed by atoms with Gasteiger partial charge in [0.05, 0.1) is 59.5 Å². The van der Waals surface area contributed by atoms with E-state index < -0.39 is 126 Å². The van der Waals surface area contributed by atoms with E-state index in [1.54, 1.807) is 40.7 Å². The quantitative estimate of drug-likeness (QED) is 0.335. The van der Waals surface area contributed by atoms with Crippen LogP contribution >= 0.6 is 0 Å². The number of phenols is 1. The van der Waals surface area contributed by atoms with E-state index >= 15 is 0 Å². The van der Waals surface area contributed by atoms with Gasteiger partial charge in [-0.3, -0.25) is 19.2 Å². The molecule has 0 unspecified atom stereocenters. The minimum atomic E-state index is -2.80. The Morgan fingerprint density at radius 2 is 1.61 bits per heavy atom. The minimum Gasteiger partial charge on any atom is -0.507 e. The summed E-state index contributed by atoms with van der Waals surface area (Å²) in [5.41, 5.74) is -7.69. The maximum Gasteiger partial charge on any atom is 0.198 e. The monoisotopic (exact) mass is 822 g/mol. The van der Waals surface area contributed by atoms with E-state index in [4.69, 9.17) is 37.9 Å². The molecule has 16 atom stereocenters. The molecule has 5 aliphatic heterocycles. The van der Waals surface area contributed by atoms with E-state index in [1.807, 2.05) is 0 Å². The zero-order valence-electron chi connectivity index (χ0n) is 33.4. The molecule has 0 radical (unpaired) electrons. The summed E-state index contributed by atoms with van der Waals surface area (Å²) in [7, 11) is 0. The third-order valence-electron chi connectivity index (χ3n) is 13.3. The summed E-state index contributed by atoms with van der Waals surface area (Å²) in [4.78, 5) is 54.6. The van der Waals surface area contributed by atoms with Crippen LogP contribution in [-0.2, 0) is 47.5 Å². The Balaban J connectivity index is 0.910. The van der Waals surface area contributed by atoms with Crippen LogP contribution in [0.25, 0.3) is 0 Å². The van der Waals surface area contributed by atoms with Crippen LogP contribution in [0.3, 0.4) is 0 Å². The number of Topliss-reactive ketones (excluding diaryl/α,β-unsaturated/α-hetero) is 3.